The number of rotatable bonds is 3. The molecular formula is C11H12N2O2. The molecule has 2 aromatic rings. The second-order valence-electron chi connectivity index (χ2n) is 3.21. The number of aromatic nitrogens is 1. The highest BCUT2D eigenvalue weighted by Crippen LogP contribution is 2.24. The summed E-state index contributed by atoms with van der Waals surface area (Å²) in [6.07, 6.45) is 1.69. The van der Waals surface area contributed by atoms with Gasteiger partial charge in [0.1, 0.15) is 5.75 Å². The number of anilines is 1. The van der Waals surface area contributed by atoms with E-state index in [0.717, 1.165) is 16.6 Å². The first-order valence-corrected chi connectivity index (χ1v) is 4.74. The van der Waals surface area contributed by atoms with E-state index in [2.05, 4.69) is 10.3 Å². The molecule has 0 radical (unpaired) electrons. The average Bonchev–Trinajstić information content (AvgIpc) is 2.26. The molecule has 0 aliphatic rings. The van der Waals surface area contributed by atoms with Crippen LogP contribution in [0.5, 0.6) is 5.75 Å². The molecule has 0 aliphatic carbocycles. The highest BCUT2D eigenvalue weighted by atomic mass is 16.3. The van der Waals surface area contributed by atoms with Crippen LogP contribution in [0.25, 0.3) is 10.9 Å². The third kappa shape index (κ3) is 1.99. The molecule has 0 spiro atoms. The molecule has 1 aromatic carbocycles. The van der Waals surface area contributed by atoms with Gasteiger partial charge in [-0.05, 0) is 24.3 Å². The van der Waals surface area contributed by atoms with Gasteiger partial charge in [-0.1, -0.05) is 0 Å². The molecular weight excluding hydrogens is 192 g/mol. The summed E-state index contributed by atoms with van der Waals surface area (Å²) in [6, 6.07) is 6.83. The Morgan fingerprint density at radius 2 is 2.13 bits per heavy atom. The van der Waals surface area contributed by atoms with E-state index in [1.807, 2.05) is 6.07 Å². The van der Waals surface area contributed by atoms with E-state index in [1.165, 1.54) is 0 Å². The number of benzene rings is 1. The van der Waals surface area contributed by atoms with Crippen molar-refractivity contribution in [1.29, 1.82) is 0 Å². The number of nitrogens with one attached hydrogen (secondary N) is 1. The molecule has 15 heavy (non-hydrogen) atoms. The summed E-state index contributed by atoms with van der Waals surface area (Å²) in [7, 11) is 0. The Balaban J connectivity index is 2.48. The zero-order chi connectivity index (χ0) is 10.7. The predicted octanol–water partition coefficient (Wildman–Crippen LogP) is 1.34. The number of aromatic hydroxyl groups is 1. The topological polar surface area (TPSA) is 65.4 Å². The highest BCUT2D eigenvalue weighted by Gasteiger charge is 2.01. The summed E-state index contributed by atoms with van der Waals surface area (Å²) >= 11 is 0. The van der Waals surface area contributed by atoms with Gasteiger partial charge in [-0.25, -0.2) is 0 Å². The second-order valence-corrected chi connectivity index (χ2v) is 3.21. The van der Waals surface area contributed by atoms with Crippen molar-refractivity contribution >= 4 is 16.6 Å². The van der Waals surface area contributed by atoms with Crippen molar-refractivity contribution in [3.8, 4) is 5.75 Å². The number of hydrogen-bond donors (Lipinski definition) is 3. The molecule has 1 aromatic heterocycles. The van der Waals surface area contributed by atoms with Gasteiger partial charge in [-0.3, -0.25) is 4.98 Å². The lowest BCUT2D eigenvalue weighted by molar-refractivity contribution is 0.311. The Bertz CT molecular complexity index is 471. The fraction of sp³-hybridized carbons (Fsp3) is 0.182. The Hall–Kier alpha value is -1.81. The monoisotopic (exact) mass is 204 g/mol. The van der Waals surface area contributed by atoms with Gasteiger partial charge in [0, 0.05) is 23.8 Å². The first-order chi connectivity index (χ1) is 7.31. The Morgan fingerprint density at radius 3 is 2.93 bits per heavy atom. The predicted molar refractivity (Wildman–Crippen MR) is 59.0 cm³/mol. The Morgan fingerprint density at radius 1 is 1.27 bits per heavy atom. The van der Waals surface area contributed by atoms with Crippen molar-refractivity contribution in [3.05, 3.63) is 30.5 Å². The van der Waals surface area contributed by atoms with Crippen LogP contribution in [0.1, 0.15) is 0 Å². The molecule has 0 atom stereocenters. The van der Waals surface area contributed by atoms with Crippen molar-refractivity contribution < 1.29 is 10.2 Å². The van der Waals surface area contributed by atoms with Gasteiger partial charge in [-0.2, -0.15) is 0 Å². The number of aliphatic hydroxyl groups is 1. The normalized spacial score (nSPS) is 10.5. The van der Waals surface area contributed by atoms with Gasteiger partial charge < -0.3 is 15.5 Å². The van der Waals surface area contributed by atoms with E-state index >= 15 is 0 Å². The number of fused-ring (bicyclic) bond motifs is 1. The molecule has 1 heterocycles. The maximum absolute atomic E-state index is 9.38. The van der Waals surface area contributed by atoms with Crippen LogP contribution < -0.4 is 5.32 Å². The van der Waals surface area contributed by atoms with E-state index in [-0.39, 0.29) is 12.4 Å². The summed E-state index contributed by atoms with van der Waals surface area (Å²) in [4.78, 5) is 4.18. The minimum Gasteiger partial charge on any atom is -0.508 e. The number of hydrogen-bond acceptors (Lipinski definition) is 4. The maximum Gasteiger partial charge on any atom is 0.116 e. The number of phenolic OH excluding ortho intramolecular Hbond substituents is 1. The van der Waals surface area contributed by atoms with Crippen molar-refractivity contribution in [1.82, 2.24) is 4.98 Å². The van der Waals surface area contributed by atoms with E-state index in [4.69, 9.17) is 5.11 Å². The van der Waals surface area contributed by atoms with Crippen LogP contribution in [0.15, 0.2) is 30.5 Å². The van der Waals surface area contributed by atoms with Crippen LogP contribution in [0, 0.1) is 0 Å². The summed E-state index contributed by atoms with van der Waals surface area (Å²) in [5, 5.41) is 22.0. The fourth-order valence-corrected chi connectivity index (χ4v) is 1.48. The standard InChI is InChI=1S/C11H12N2O2/c14-6-5-13-11-3-4-12-10-2-1-8(15)7-9(10)11/h1-4,7,14-15H,5-6H2,(H,12,13). The molecule has 0 aliphatic heterocycles. The highest BCUT2D eigenvalue weighted by molar-refractivity contribution is 5.91. The number of nitrogens with zero attached hydrogens (tertiary/aromatic N) is 1. The fourth-order valence-electron chi connectivity index (χ4n) is 1.48. The summed E-state index contributed by atoms with van der Waals surface area (Å²) in [6.45, 7) is 0.553. The largest absolute Gasteiger partial charge is 0.508 e. The lowest BCUT2D eigenvalue weighted by Crippen LogP contribution is -2.05. The smallest absolute Gasteiger partial charge is 0.116 e. The lowest BCUT2D eigenvalue weighted by atomic mass is 10.2. The molecule has 0 saturated heterocycles. The van der Waals surface area contributed by atoms with Crippen molar-refractivity contribution in [2.75, 3.05) is 18.5 Å². The van der Waals surface area contributed by atoms with Gasteiger partial charge in [0.15, 0.2) is 0 Å². The van der Waals surface area contributed by atoms with Crippen LogP contribution >= 0.6 is 0 Å². The van der Waals surface area contributed by atoms with Crippen LogP contribution in [-0.4, -0.2) is 28.3 Å². The molecule has 0 amide bonds. The molecule has 0 saturated carbocycles. The van der Waals surface area contributed by atoms with Crippen molar-refractivity contribution in [3.63, 3.8) is 0 Å². The van der Waals surface area contributed by atoms with Gasteiger partial charge in [0.05, 0.1) is 12.1 Å². The zero-order valence-corrected chi connectivity index (χ0v) is 8.14. The molecule has 2 rings (SSSR count). The molecule has 0 bridgehead atoms. The minimum absolute atomic E-state index is 0.0721. The third-order valence-electron chi connectivity index (χ3n) is 2.15. The van der Waals surface area contributed by atoms with Gasteiger partial charge in [0.25, 0.3) is 0 Å². The average molecular weight is 204 g/mol. The van der Waals surface area contributed by atoms with Crippen LogP contribution in [0.4, 0.5) is 5.69 Å². The molecule has 0 fully saturated rings. The SMILES string of the molecule is OCCNc1ccnc2ccc(O)cc12. The number of aliphatic hydroxyl groups excluding tert-OH is 1. The van der Waals surface area contributed by atoms with Gasteiger partial charge >= 0.3 is 0 Å². The van der Waals surface area contributed by atoms with Gasteiger partial charge in [-0.15, -0.1) is 0 Å². The summed E-state index contributed by atoms with van der Waals surface area (Å²) in [5.74, 6) is 0.211. The molecule has 3 N–H and O–H groups in total. The summed E-state index contributed by atoms with van der Waals surface area (Å²) in [5.41, 5.74) is 1.68. The third-order valence-corrected chi connectivity index (χ3v) is 2.15. The van der Waals surface area contributed by atoms with Gasteiger partial charge in [0.2, 0.25) is 0 Å². The van der Waals surface area contributed by atoms with E-state index in [1.54, 1.807) is 24.4 Å². The first-order valence-electron chi connectivity index (χ1n) is 4.74. The van der Waals surface area contributed by atoms with E-state index < -0.39 is 0 Å². The molecule has 4 heteroatoms. The zero-order valence-electron chi connectivity index (χ0n) is 8.14. The van der Waals surface area contributed by atoms with Crippen molar-refractivity contribution in [2.24, 2.45) is 0 Å². The molecule has 4 nitrogen and oxygen atoms in total. The number of phenols is 1. The first kappa shape index (κ1) is 9.73. The van der Waals surface area contributed by atoms with E-state index in [9.17, 15) is 5.11 Å². The quantitative estimate of drug-likeness (QED) is 0.706. The Labute approximate surface area is 87.2 Å². The Kier molecular flexibility index (Phi) is 2.69. The number of pyridine rings is 1. The maximum atomic E-state index is 9.38. The minimum atomic E-state index is 0.0721. The molecule has 0 unspecified atom stereocenters. The van der Waals surface area contributed by atoms with Crippen molar-refractivity contribution in [2.45, 2.75) is 0 Å². The molecule has 78 valence electrons. The van der Waals surface area contributed by atoms with E-state index in [0.29, 0.717) is 6.54 Å². The van der Waals surface area contributed by atoms with Crippen LogP contribution in [-0.2, 0) is 0 Å². The second kappa shape index (κ2) is 4.14. The summed E-state index contributed by atoms with van der Waals surface area (Å²) < 4.78 is 0. The lowest BCUT2D eigenvalue weighted by Gasteiger charge is -2.07. The van der Waals surface area contributed by atoms with Crippen LogP contribution in [0.3, 0.4) is 0 Å². The van der Waals surface area contributed by atoms with Crippen LogP contribution in [0.2, 0.25) is 0 Å².